The topological polar surface area (TPSA) is 12.0 Å². The maximum Gasteiger partial charge on any atom is 0.0785 e. The van der Waals surface area contributed by atoms with Crippen molar-refractivity contribution in [2.24, 2.45) is 0 Å². The first-order chi connectivity index (χ1) is 14.8. The first-order valence-corrected chi connectivity index (χ1v) is 11.4. The van der Waals surface area contributed by atoms with Crippen LogP contribution in [-0.2, 0) is 0 Å². The van der Waals surface area contributed by atoms with E-state index in [0.717, 1.165) is 0 Å². The SMILES string of the molecule is CC.CCCC.CF.c1cc2c3c(cccc3c1)SN2.c1ccc2ccccc2c1. The Hall–Kier alpha value is -2.52. The lowest BCUT2D eigenvalue weighted by molar-refractivity contribution is 0.636. The summed E-state index contributed by atoms with van der Waals surface area (Å²) in [6.07, 6.45) is 2.64. The highest BCUT2D eigenvalue weighted by Crippen LogP contribution is 2.40. The highest BCUT2D eigenvalue weighted by atomic mass is 32.2. The van der Waals surface area contributed by atoms with E-state index in [9.17, 15) is 4.39 Å². The van der Waals surface area contributed by atoms with Gasteiger partial charge < -0.3 is 4.72 Å². The summed E-state index contributed by atoms with van der Waals surface area (Å²) in [5, 5.41) is 5.31. The van der Waals surface area contributed by atoms with Crippen molar-refractivity contribution in [3.05, 3.63) is 84.9 Å². The molecule has 4 aromatic carbocycles. The van der Waals surface area contributed by atoms with E-state index in [2.05, 4.69) is 103 Å². The van der Waals surface area contributed by atoms with E-state index in [1.54, 1.807) is 11.9 Å². The Morgan fingerprint density at radius 2 is 1.07 bits per heavy atom. The maximum absolute atomic E-state index is 9.50. The predicted molar refractivity (Wildman–Crippen MR) is 136 cm³/mol. The zero-order chi connectivity index (χ0) is 22.2. The second-order valence-corrected chi connectivity index (χ2v) is 7.06. The van der Waals surface area contributed by atoms with E-state index in [1.807, 2.05) is 13.8 Å². The molecule has 3 heteroatoms. The number of rotatable bonds is 1. The molecule has 0 fully saturated rings. The zero-order valence-corrected chi connectivity index (χ0v) is 19.6. The van der Waals surface area contributed by atoms with Crippen LogP contribution >= 0.6 is 11.9 Å². The van der Waals surface area contributed by atoms with Crippen molar-refractivity contribution in [3.8, 4) is 0 Å². The minimum atomic E-state index is 0.500. The Balaban J connectivity index is 0.000000227. The van der Waals surface area contributed by atoms with Crippen LogP contribution in [0.1, 0.15) is 40.5 Å². The summed E-state index contributed by atoms with van der Waals surface area (Å²) in [5.41, 5.74) is 1.24. The number of alkyl halides is 1. The Labute approximate surface area is 185 Å². The number of halogens is 1. The third-order valence-corrected chi connectivity index (χ3v) is 5.18. The first-order valence-electron chi connectivity index (χ1n) is 10.6. The van der Waals surface area contributed by atoms with Gasteiger partial charge in [0, 0.05) is 10.3 Å². The molecular formula is C27H34FNS. The molecule has 0 aromatic heterocycles. The molecule has 160 valence electrons. The predicted octanol–water partition coefficient (Wildman–Crippen LogP) is 9.53. The van der Waals surface area contributed by atoms with E-state index in [4.69, 9.17) is 0 Å². The van der Waals surface area contributed by atoms with Crippen molar-refractivity contribution in [1.82, 2.24) is 0 Å². The minimum Gasteiger partial charge on any atom is -0.325 e. The van der Waals surface area contributed by atoms with Crippen LogP contribution in [0.4, 0.5) is 10.1 Å². The normalized spacial score (nSPS) is 10.1. The molecule has 0 saturated heterocycles. The van der Waals surface area contributed by atoms with Gasteiger partial charge >= 0.3 is 0 Å². The van der Waals surface area contributed by atoms with Gasteiger partial charge in [-0.2, -0.15) is 0 Å². The van der Waals surface area contributed by atoms with Gasteiger partial charge in [0.2, 0.25) is 0 Å². The van der Waals surface area contributed by atoms with Gasteiger partial charge in [-0.25, -0.2) is 0 Å². The van der Waals surface area contributed by atoms with Gasteiger partial charge in [0.1, 0.15) is 0 Å². The van der Waals surface area contributed by atoms with Crippen LogP contribution in [0.3, 0.4) is 0 Å². The fourth-order valence-electron chi connectivity index (χ4n) is 2.72. The number of anilines is 1. The Kier molecular flexibility index (Phi) is 13.0. The third-order valence-electron chi connectivity index (χ3n) is 4.30. The van der Waals surface area contributed by atoms with Crippen molar-refractivity contribution in [3.63, 3.8) is 0 Å². The smallest absolute Gasteiger partial charge is 0.0785 e. The fraction of sp³-hybridized carbons (Fsp3) is 0.259. The lowest BCUT2D eigenvalue weighted by Crippen LogP contribution is -1.75. The fourth-order valence-corrected chi connectivity index (χ4v) is 3.59. The van der Waals surface area contributed by atoms with Crippen molar-refractivity contribution < 1.29 is 4.39 Å². The number of unbranched alkanes of at least 4 members (excludes halogenated alkanes) is 1. The number of hydrogen-bond acceptors (Lipinski definition) is 2. The molecule has 0 amide bonds. The number of nitrogens with one attached hydrogen (secondary N) is 1. The van der Waals surface area contributed by atoms with E-state index >= 15 is 0 Å². The van der Waals surface area contributed by atoms with Gasteiger partial charge in [0.15, 0.2) is 0 Å². The molecule has 0 radical (unpaired) electrons. The molecule has 0 atom stereocenters. The number of fused-ring (bicyclic) bond motifs is 1. The summed E-state index contributed by atoms with van der Waals surface area (Å²) >= 11 is 1.70. The van der Waals surface area contributed by atoms with Crippen LogP contribution in [-0.4, -0.2) is 7.18 Å². The molecule has 1 aliphatic rings. The van der Waals surface area contributed by atoms with Crippen molar-refractivity contribution in [2.75, 3.05) is 11.9 Å². The Morgan fingerprint density at radius 1 is 0.633 bits per heavy atom. The highest BCUT2D eigenvalue weighted by Gasteiger charge is 2.12. The van der Waals surface area contributed by atoms with Gasteiger partial charge in [-0.3, -0.25) is 4.39 Å². The average molecular weight is 424 g/mol. The molecule has 0 bridgehead atoms. The minimum absolute atomic E-state index is 0.500. The van der Waals surface area contributed by atoms with E-state index < -0.39 is 0 Å². The molecular weight excluding hydrogens is 389 g/mol. The summed E-state index contributed by atoms with van der Waals surface area (Å²) in [4.78, 5) is 1.34. The molecule has 1 heterocycles. The van der Waals surface area contributed by atoms with Crippen LogP contribution in [0.2, 0.25) is 0 Å². The Bertz CT molecular complexity index is 878. The lowest BCUT2D eigenvalue weighted by atomic mass is 10.1. The summed E-state index contributed by atoms with van der Waals surface area (Å²) in [6.45, 7) is 8.36. The van der Waals surface area contributed by atoms with Crippen LogP contribution < -0.4 is 4.72 Å². The third kappa shape index (κ3) is 7.38. The second kappa shape index (κ2) is 15.3. The average Bonchev–Trinajstić information content (AvgIpc) is 3.28. The molecule has 5 rings (SSSR count). The Morgan fingerprint density at radius 3 is 1.53 bits per heavy atom. The molecule has 0 saturated carbocycles. The van der Waals surface area contributed by atoms with E-state index in [-0.39, 0.29) is 0 Å². The van der Waals surface area contributed by atoms with Gasteiger partial charge in [-0.05, 0) is 40.2 Å². The summed E-state index contributed by atoms with van der Waals surface area (Å²) in [7, 11) is 0.500. The van der Waals surface area contributed by atoms with E-state index in [0.29, 0.717) is 7.18 Å². The van der Waals surface area contributed by atoms with Gasteiger partial charge in [0.25, 0.3) is 0 Å². The largest absolute Gasteiger partial charge is 0.325 e. The molecule has 1 nitrogen and oxygen atoms in total. The van der Waals surface area contributed by atoms with Crippen LogP contribution in [0.15, 0.2) is 89.8 Å². The van der Waals surface area contributed by atoms with Gasteiger partial charge in [-0.15, -0.1) is 0 Å². The molecule has 4 aromatic rings. The highest BCUT2D eigenvalue weighted by molar-refractivity contribution is 8.01. The standard InChI is InChI=1S/C10H7NS.C10H8.C4H10.C2H6.CH3F/c1-3-7-4-2-6-9-10(7)8(5-1)11-12-9;1-2-6-10-8-4-3-7-9(10)5-1;1-3-4-2;2*1-2/h1-6,11H;1-8H;3-4H2,1-2H3;1-2H3;1H3. The van der Waals surface area contributed by atoms with Gasteiger partial charge in [-0.1, -0.05) is 113 Å². The molecule has 0 unspecified atom stereocenters. The van der Waals surface area contributed by atoms with Crippen LogP contribution in [0, 0.1) is 0 Å². The number of hydrogen-bond donors (Lipinski definition) is 1. The van der Waals surface area contributed by atoms with Crippen molar-refractivity contribution in [1.29, 1.82) is 0 Å². The second-order valence-electron chi connectivity index (χ2n) is 6.21. The summed E-state index contributed by atoms with van der Waals surface area (Å²) in [5.74, 6) is 0. The molecule has 1 aliphatic heterocycles. The zero-order valence-electron chi connectivity index (χ0n) is 18.8. The summed E-state index contributed by atoms with van der Waals surface area (Å²) < 4.78 is 12.8. The van der Waals surface area contributed by atoms with E-state index in [1.165, 1.54) is 45.0 Å². The quantitative estimate of drug-likeness (QED) is 0.306. The van der Waals surface area contributed by atoms with Crippen LogP contribution in [0.25, 0.3) is 21.5 Å². The van der Waals surface area contributed by atoms with Gasteiger partial charge in [0.05, 0.1) is 12.9 Å². The monoisotopic (exact) mass is 423 g/mol. The number of benzene rings is 4. The molecule has 1 N–H and O–H groups in total. The maximum atomic E-state index is 9.50. The first kappa shape index (κ1) is 25.5. The van der Waals surface area contributed by atoms with Crippen LogP contribution in [0.5, 0.6) is 0 Å². The molecule has 0 spiro atoms. The van der Waals surface area contributed by atoms with Crippen molar-refractivity contribution >= 4 is 39.2 Å². The molecule has 0 aliphatic carbocycles. The lowest BCUT2D eigenvalue weighted by Gasteiger charge is -1.97. The van der Waals surface area contributed by atoms with Crippen molar-refractivity contribution in [2.45, 2.75) is 45.4 Å². The molecule has 30 heavy (non-hydrogen) atoms. The summed E-state index contributed by atoms with van der Waals surface area (Å²) in [6, 6.07) is 29.5.